The number of ether oxygens (including phenoxy) is 1. The molecule has 3 N–H and O–H groups in total. The fourth-order valence-electron chi connectivity index (χ4n) is 4.15. The van der Waals surface area contributed by atoms with Crippen LogP contribution in [0.25, 0.3) is 11.1 Å². The molecule has 7 nitrogen and oxygen atoms in total. The number of amides is 2. The quantitative estimate of drug-likeness (QED) is 0.471. The van der Waals surface area contributed by atoms with Gasteiger partial charge in [-0.05, 0) is 47.9 Å². The summed E-state index contributed by atoms with van der Waals surface area (Å²) in [6, 6.07) is 16.2. The maximum absolute atomic E-state index is 12.3. The number of benzene rings is 2. The third-order valence-corrected chi connectivity index (χ3v) is 6.00. The number of nitrogens with one attached hydrogen (secondary N) is 2. The van der Waals surface area contributed by atoms with Gasteiger partial charge in [0.1, 0.15) is 6.61 Å². The molecule has 0 radical (unpaired) electrons. The summed E-state index contributed by atoms with van der Waals surface area (Å²) in [5.41, 5.74) is 4.71. The predicted molar refractivity (Wildman–Crippen MR) is 126 cm³/mol. The van der Waals surface area contributed by atoms with E-state index >= 15 is 0 Å². The van der Waals surface area contributed by atoms with Crippen LogP contribution in [0.2, 0.25) is 0 Å². The fraction of sp³-hybridized carbons (Fsp3) is 0.423. The molecule has 0 saturated carbocycles. The third-order valence-electron chi connectivity index (χ3n) is 6.00. The van der Waals surface area contributed by atoms with E-state index in [0.29, 0.717) is 25.8 Å². The van der Waals surface area contributed by atoms with Crippen LogP contribution >= 0.6 is 0 Å². The first kappa shape index (κ1) is 24.3. The van der Waals surface area contributed by atoms with E-state index in [0.717, 1.165) is 0 Å². The van der Waals surface area contributed by atoms with Crippen molar-refractivity contribution in [2.24, 2.45) is 5.92 Å². The summed E-state index contributed by atoms with van der Waals surface area (Å²) in [4.78, 5) is 34.9. The summed E-state index contributed by atoms with van der Waals surface area (Å²) in [5, 5.41) is 14.3. The second kappa shape index (κ2) is 11.5. The van der Waals surface area contributed by atoms with Gasteiger partial charge in [-0.15, -0.1) is 0 Å². The Bertz CT molecular complexity index is 945. The normalized spacial score (nSPS) is 14.0. The van der Waals surface area contributed by atoms with Crippen LogP contribution in [0.15, 0.2) is 48.5 Å². The van der Waals surface area contributed by atoms with Gasteiger partial charge in [-0.25, -0.2) is 4.79 Å². The summed E-state index contributed by atoms with van der Waals surface area (Å²) in [5.74, 6) is -0.858. The van der Waals surface area contributed by atoms with Gasteiger partial charge in [-0.1, -0.05) is 55.5 Å². The predicted octanol–water partition coefficient (Wildman–Crippen LogP) is 4.31. The van der Waals surface area contributed by atoms with Crippen LogP contribution in [-0.2, 0) is 14.3 Å². The van der Waals surface area contributed by atoms with E-state index in [-0.39, 0.29) is 36.8 Å². The highest BCUT2D eigenvalue weighted by Gasteiger charge is 2.29. The molecule has 0 spiro atoms. The van der Waals surface area contributed by atoms with Crippen molar-refractivity contribution in [3.8, 4) is 11.1 Å². The number of aliphatic carboxylic acids is 1. The number of hydrogen-bond acceptors (Lipinski definition) is 4. The van der Waals surface area contributed by atoms with Crippen molar-refractivity contribution in [2.75, 3.05) is 13.2 Å². The summed E-state index contributed by atoms with van der Waals surface area (Å²) < 4.78 is 5.54. The number of alkyl carbamates (subject to hydrolysis) is 1. The Morgan fingerprint density at radius 1 is 0.939 bits per heavy atom. The zero-order valence-electron chi connectivity index (χ0n) is 19.2. The lowest BCUT2D eigenvalue weighted by atomic mass is 9.98. The van der Waals surface area contributed by atoms with Gasteiger partial charge in [0.25, 0.3) is 0 Å². The van der Waals surface area contributed by atoms with E-state index in [1.54, 1.807) is 6.92 Å². The smallest absolute Gasteiger partial charge is 0.407 e. The second-order valence-electron chi connectivity index (χ2n) is 8.75. The number of rotatable bonds is 11. The number of carboxylic acids is 1. The zero-order valence-corrected chi connectivity index (χ0v) is 19.2. The Kier molecular flexibility index (Phi) is 8.46. The van der Waals surface area contributed by atoms with E-state index < -0.39 is 12.1 Å². The van der Waals surface area contributed by atoms with Crippen LogP contribution in [-0.4, -0.2) is 42.3 Å². The first-order chi connectivity index (χ1) is 15.8. The Balaban J connectivity index is 1.39. The van der Waals surface area contributed by atoms with Crippen molar-refractivity contribution in [1.29, 1.82) is 0 Å². The maximum Gasteiger partial charge on any atom is 0.407 e. The van der Waals surface area contributed by atoms with Gasteiger partial charge in [0.2, 0.25) is 5.91 Å². The molecular formula is C26H32N2O5. The topological polar surface area (TPSA) is 105 Å². The Morgan fingerprint density at radius 2 is 1.55 bits per heavy atom. The average molecular weight is 453 g/mol. The van der Waals surface area contributed by atoms with Crippen LogP contribution in [0.4, 0.5) is 4.79 Å². The molecular weight excluding hydrogens is 420 g/mol. The highest BCUT2D eigenvalue weighted by Crippen LogP contribution is 2.44. The van der Waals surface area contributed by atoms with Gasteiger partial charge < -0.3 is 20.5 Å². The van der Waals surface area contributed by atoms with Crippen LogP contribution in [0.5, 0.6) is 0 Å². The van der Waals surface area contributed by atoms with Gasteiger partial charge in [0.05, 0.1) is 0 Å². The second-order valence-corrected chi connectivity index (χ2v) is 8.75. The van der Waals surface area contributed by atoms with Gasteiger partial charge >= 0.3 is 12.1 Å². The minimum Gasteiger partial charge on any atom is -0.481 e. The van der Waals surface area contributed by atoms with Crippen molar-refractivity contribution in [1.82, 2.24) is 10.6 Å². The van der Waals surface area contributed by atoms with Gasteiger partial charge in [0, 0.05) is 31.3 Å². The number of hydrogen-bond donors (Lipinski definition) is 3. The molecule has 2 unspecified atom stereocenters. The number of carbonyl (C=O) groups excluding carboxylic acids is 2. The molecule has 0 bridgehead atoms. The molecule has 0 fully saturated rings. The minimum atomic E-state index is -0.871. The van der Waals surface area contributed by atoms with Crippen LogP contribution < -0.4 is 10.6 Å². The number of carbonyl (C=O) groups is 3. The van der Waals surface area contributed by atoms with Gasteiger partial charge in [-0.2, -0.15) is 0 Å². The highest BCUT2D eigenvalue weighted by molar-refractivity contribution is 5.79. The molecule has 1 aliphatic carbocycles. The van der Waals surface area contributed by atoms with E-state index in [2.05, 4.69) is 34.9 Å². The lowest BCUT2D eigenvalue weighted by molar-refractivity contribution is -0.137. The van der Waals surface area contributed by atoms with Crippen LogP contribution in [0, 0.1) is 5.92 Å². The lowest BCUT2D eigenvalue weighted by Crippen LogP contribution is -2.34. The summed E-state index contributed by atoms with van der Waals surface area (Å²) in [6.07, 6.45) is 0.906. The van der Waals surface area contributed by atoms with Gasteiger partial charge in [-0.3, -0.25) is 9.59 Å². The lowest BCUT2D eigenvalue weighted by Gasteiger charge is -2.17. The summed E-state index contributed by atoms with van der Waals surface area (Å²) >= 11 is 0. The van der Waals surface area contributed by atoms with E-state index in [9.17, 15) is 14.4 Å². The van der Waals surface area contributed by atoms with Crippen molar-refractivity contribution < 1.29 is 24.2 Å². The minimum absolute atomic E-state index is 0.0207. The van der Waals surface area contributed by atoms with Crippen molar-refractivity contribution in [2.45, 2.75) is 51.5 Å². The molecule has 176 valence electrons. The molecule has 0 saturated heterocycles. The largest absolute Gasteiger partial charge is 0.481 e. The number of fused-ring (bicyclic) bond motifs is 3. The van der Waals surface area contributed by atoms with E-state index in [4.69, 9.17) is 9.84 Å². The van der Waals surface area contributed by atoms with E-state index in [1.807, 2.05) is 31.2 Å². The van der Waals surface area contributed by atoms with Crippen LogP contribution in [0.1, 0.15) is 56.6 Å². The molecule has 2 atom stereocenters. The number of carboxylic acid groups (broad SMARTS) is 1. The molecule has 7 heteroatoms. The Morgan fingerprint density at radius 3 is 2.15 bits per heavy atom. The zero-order chi connectivity index (χ0) is 23.8. The standard InChI is InChI=1S/C26H32N2O5/c1-17(11-13-24(29)28-18(2)12-14-25(30)31)15-27-26(32)33-16-23-21-9-5-3-7-19(21)20-8-4-6-10-22(20)23/h3-10,17-18,23H,11-16H2,1-2H3,(H,27,32)(H,28,29)(H,30,31). The molecule has 0 aromatic heterocycles. The molecule has 0 heterocycles. The summed E-state index contributed by atoms with van der Waals surface area (Å²) in [6.45, 7) is 4.44. The molecule has 2 aromatic rings. The maximum atomic E-state index is 12.3. The fourth-order valence-corrected chi connectivity index (χ4v) is 4.15. The Labute approximate surface area is 194 Å². The molecule has 2 aromatic carbocycles. The first-order valence-corrected chi connectivity index (χ1v) is 11.4. The molecule has 2 amide bonds. The van der Waals surface area contributed by atoms with Crippen molar-refractivity contribution >= 4 is 18.0 Å². The monoisotopic (exact) mass is 452 g/mol. The molecule has 3 rings (SSSR count). The summed E-state index contributed by atoms with van der Waals surface area (Å²) in [7, 11) is 0. The Hall–Kier alpha value is -3.35. The molecule has 1 aliphatic rings. The average Bonchev–Trinajstić information content (AvgIpc) is 3.12. The molecule has 0 aliphatic heterocycles. The van der Waals surface area contributed by atoms with Crippen molar-refractivity contribution in [3.05, 3.63) is 59.7 Å². The van der Waals surface area contributed by atoms with Crippen molar-refractivity contribution in [3.63, 3.8) is 0 Å². The van der Waals surface area contributed by atoms with Gasteiger partial charge in [0.15, 0.2) is 0 Å². The third kappa shape index (κ3) is 6.81. The highest BCUT2D eigenvalue weighted by atomic mass is 16.5. The first-order valence-electron chi connectivity index (χ1n) is 11.4. The molecule has 33 heavy (non-hydrogen) atoms. The van der Waals surface area contributed by atoms with Crippen LogP contribution in [0.3, 0.4) is 0 Å². The SMILES string of the molecule is CC(CCC(=O)NC(C)CCC(=O)O)CNC(=O)OCC1c2ccccc2-c2ccccc21. The van der Waals surface area contributed by atoms with E-state index in [1.165, 1.54) is 22.3 Å².